The second-order valence-corrected chi connectivity index (χ2v) is 3.65. The fourth-order valence-corrected chi connectivity index (χ4v) is 1.63. The second-order valence-electron chi connectivity index (χ2n) is 3.65. The number of benzene rings is 1. The zero-order chi connectivity index (χ0) is 12.3. The molecule has 0 amide bonds. The van der Waals surface area contributed by atoms with Crippen molar-refractivity contribution < 1.29 is 14.4 Å². The van der Waals surface area contributed by atoms with Crippen molar-refractivity contribution >= 4 is 6.08 Å². The number of fused-ring (bicyclic) bond motifs is 1. The van der Waals surface area contributed by atoms with E-state index in [-0.39, 0.29) is 10.6 Å². The molecule has 1 aromatic rings. The fraction of sp³-hybridized carbons (Fsp3) is 0.333. The van der Waals surface area contributed by atoms with E-state index < -0.39 is 0 Å². The third-order valence-electron chi connectivity index (χ3n) is 2.50. The molecule has 1 aromatic carbocycles. The van der Waals surface area contributed by atoms with Crippen LogP contribution in [0.15, 0.2) is 23.9 Å². The van der Waals surface area contributed by atoms with E-state index in [4.69, 9.17) is 9.47 Å². The minimum absolute atomic E-state index is 0.182. The van der Waals surface area contributed by atoms with E-state index in [1.807, 2.05) is 0 Å². The van der Waals surface area contributed by atoms with Gasteiger partial charge in [0.2, 0.25) is 5.70 Å². The van der Waals surface area contributed by atoms with Gasteiger partial charge in [-0.05, 0) is 17.7 Å². The van der Waals surface area contributed by atoms with Gasteiger partial charge >= 0.3 is 0 Å². The van der Waals surface area contributed by atoms with E-state index in [1.165, 1.54) is 0 Å². The highest BCUT2D eigenvalue weighted by atomic mass is 16.6. The Kier molecular flexibility index (Phi) is 3.27. The maximum Gasteiger partial charge on any atom is 0.246 e. The first kappa shape index (κ1) is 11.4. The van der Waals surface area contributed by atoms with Crippen LogP contribution in [-0.2, 0) is 0 Å². The first-order valence-electron chi connectivity index (χ1n) is 5.45. The highest BCUT2D eigenvalue weighted by Gasteiger charge is 2.13. The van der Waals surface area contributed by atoms with Crippen molar-refractivity contribution in [1.29, 1.82) is 0 Å². The van der Waals surface area contributed by atoms with Gasteiger partial charge < -0.3 is 9.47 Å². The molecule has 0 unspecified atom stereocenters. The first-order valence-corrected chi connectivity index (χ1v) is 5.45. The highest BCUT2D eigenvalue weighted by Crippen LogP contribution is 2.31. The normalized spacial score (nSPS) is 14.5. The molecule has 17 heavy (non-hydrogen) atoms. The molecule has 0 radical (unpaired) electrons. The van der Waals surface area contributed by atoms with Crippen LogP contribution in [0.2, 0.25) is 0 Å². The quantitative estimate of drug-likeness (QED) is 0.596. The molecule has 0 atom stereocenters. The van der Waals surface area contributed by atoms with Crippen molar-refractivity contribution in [1.82, 2.24) is 0 Å². The molecule has 0 fully saturated rings. The molecule has 1 aliphatic heterocycles. The van der Waals surface area contributed by atoms with Gasteiger partial charge in [0, 0.05) is 12.5 Å². The minimum atomic E-state index is -0.364. The minimum Gasteiger partial charge on any atom is -0.486 e. The van der Waals surface area contributed by atoms with E-state index in [2.05, 4.69) is 0 Å². The van der Waals surface area contributed by atoms with Crippen molar-refractivity contribution in [3.8, 4) is 11.5 Å². The van der Waals surface area contributed by atoms with E-state index in [0.29, 0.717) is 31.1 Å². The van der Waals surface area contributed by atoms with E-state index in [9.17, 15) is 10.1 Å². The summed E-state index contributed by atoms with van der Waals surface area (Å²) in [5, 5.41) is 10.7. The van der Waals surface area contributed by atoms with Crippen molar-refractivity contribution in [2.45, 2.75) is 13.3 Å². The molecule has 0 bridgehead atoms. The summed E-state index contributed by atoms with van der Waals surface area (Å²) in [5.41, 5.74) is 0.935. The standard InChI is InChI=1S/C12H13NO4/c1-2-10(13(14)15)7-9-3-4-11-12(8-9)17-6-5-16-11/h3-4,7-8H,2,5-6H2,1H3. The van der Waals surface area contributed by atoms with Gasteiger partial charge in [0.1, 0.15) is 13.2 Å². The van der Waals surface area contributed by atoms with Crippen LogP contribution >= 0.6 is 0 Å². The Morgan fingerprint density at radius 2 is 2.12 bits per heavy atom. The Labute approximate surface area is 98.8 Å². The second kappa shape index (κ2) is 4.86. The molecule has 0 saturated carbocycles. The lowest BCUT2D eigenvalue weighted by Crippen LogP contribution is -2.15. The van der Waals surface area contributed by atoms with Crippen LogP contribution < -0.4 is 9.47 Å². The van der Waals surface area contributed by atoms with Crippen molar-refractivity contribution in [3.05, 3.63) is 39.6 Å². The summed E-state index contributed by atoms with van der Waals surface area (Å²) in [4.78, 5) is 10.3. The van der Waals surface area contributed by atoms with E-state index in [0.717, 1.165) is 5.56 Å². The summed E-state index contributed by atoms with van der Waals surface area (Å²) in [5.74, 6) is 1.33. The maximum atomic E-state index is 10.7. The van der Waals surface area contributed by atoms with Gasteiger partial charge in [0.25, 0.3) is 0 Å². The fourth-order valence-electron chi connectivity index (χ4n) is 1.63. The Bertz CT molecular complexity index is 468. The number of hydrogen-bond donors (Lipinski definition) is 0. The van der Waals surface area contributed by atoms with Gasteiger partial charge in [0.05, 0.1) is 4.92 Å². The van der Waals surface area contributed by atoms with Crippen molar-refractivity contribution in [3.63, 3.8) is 0 Å². The zero-order valence-corrected chi connectivity index (χ0v) is 9.51. The van der Waals surface area contributed by atoms with Crippen LogP contribution in [0.1, 0.15) is 18.9 Å². The van der Waals surface area contributed by atoms with E-state index in [1.54, 1.807) is 31.2 Å². The summed E-state index contributed by atoms with van der Waals surface area (Å²) in [6.45, 7) is 2.81. The number of ether oxygens (including phenoxy) is 2. The highest BCUT2D eigenvalue weighted by molar-refractivity contribution is 5.57. The number of hydrogen-bond acceptors (Lipinski definition) is 4. The van der Waals surface area contributed by atoms with Gasteiger partial charge in [-0.15, -0.1) is 0 Å². The Balaban J connectivity index is 2.31. The monoisotopic (exact) mass is 235 g/mol. The summed E-state index contributed by atoms with van der Waals surface area (Å²) < 4.78 is 10.8. The summed E-state index contributed by atoms with van der Waals surface area (Å²) in [7, 11) is 0. The Morgan fingerprint density at radius 3 is 2.76 bits per heavy atom. The number of allylic oxidation sites excluding steroid dienone is 1. The van der Waals surface area contributed by atoms with Gasteiger partial charge in [0.15, 0.2) is 11.5 Å². The third-order valence-corrected chi connectivity index (χ3v) is 2.50. The maximum absolute atomic E-state index is 10.7. The lowest BCUT2D eigenvalue weighted by molar-refractivity contribution is -0.425. The molecule has 90 valence electrons. The molecule has 2 rings (SSSR count). The summed E-state index contributed by atoms with van der Waals surface area (Å²) in [6, 6.07) is 5.31. The van der Waals surface area contributed by atoms with E-state index >= 15 is 0 Å². The molecule has 1 heterocycles. The summed E-state index contributed by atoms with van der Waals surface area (Å²) in [6.07, 6.45) is 1.94. The zero-order valence-electron chi connectivity index (χ0n) is 9.51. The molecule has 5 heteroatoms. The van der Waals surface area contributed by atoms with Crippen molar-refractivity contribution in [2.24, 2.45) is 0 Å². The average Bonchev–Trinajstić information content (AvgIpc) is 2.35. The first-order chi connectivity index (χ1) is 8.20. The number of rotatable bonds is 3. The summed E-state index contributed by atoms with van der Waals surface area (Å²) >= 11 is 0. The molecule has 5 nitrogen and oxygen atoms in total. The van der Waals surface area contributed by atoms with Crippen molar-refractivity contribution in [2.75, 3.05) is 13.2 Å². The lowest BCUT2D eigenvalue weighted by Gasteiger charge is -2.18. The molecular formula is C12H13NO4. The molecular weight excluding hydrogens is 222 g/mol. The van der Waals surface area contributed by atoms with Crippen LogP contribution in [0.3, 0.4) is 0 Å². The Morgan fingerprint density at radius 1 is 1.41 bits per heavy atom. The van der Waals surface area contributed by atoms with Gasteiger partial charge in [-0.2, -0.15) is 0 Å². The smallest absolute Gasteiger partial charge is 0.246 e. The van der Waals surface area contributed by atoms with Crippen LogP contribution in [0, 0.1) is 10.1 Å². The molecule has 0 aliphatic carbocycles. The number of nitro groups is 1. The molecule has 0 spiro atoms. The molecule has 0 N–H and O–H groups in total. The van der Waals surface area contributed by atoms with Crippen LogP contribution in [-0.4, -0.2) is 18.1 Å². The topological polar surface area (TPSA) is 61.6 Å². The predicted molar refractivity (Wildman–Crippen MR) is 62.7 cm³/mol. The molecule has 0 aromatic heterocycles. The van der Waals surface area contributed by atoms with Crippen LogP contribution in [0.5, 0.6) is 11.5 Å². The van der Waals surface area contributed by atoms with Gasteiger partial charge in [-0.25, -0.2) is 0 Å². The van der Waals surface area contributed by atoms with Gasteiger partial charge in [-0.1, -0.05) is 13.0 Å². The third kappa shape index (κ3) is 2.55. The lowest BCUT2D eigenvalue weighted by atomic mass is 10.1. The molecule has 1 aliphatic rings. The molecule has 0 saturated heterocycles. The number of nitrogens with zero attached hydrogens (tertiary/aromatic N) is 1. The van der Waals surface area contributed by atoms with Crippen LogP contribution in [0.4, 0.5) is 0 Å². The largest absolute Gasteiger partial charge is 0.486 e. The Hall–Kier alpha value is -2.04. The van der Waals surface area contributed by atoms with Gasteiger partial charge in [-0.3, -0.25) is 10.1 Å². The van der Waals surface area contributed by atoms with Crippen LogP contribution in [0.25, 0.3) is 6.08 Å². The average molecular weight is 235 g/mol. The predicted octanol–water partition coefficient (Wildman–Crippen LogP) is 2.49. The SMILES string of the molecule is CCC(=Cc1ccc2c(c1)OCCO2)[N+](=O)[O-].